The minimum Gasteiger partial charge on any atom is -0.350 e. The summed E-state index contributed by atoms with van der Waals surface area (Å²) in [5.74, 6) is -0.162. The summed E-state index contributed by atoms with van der Waals surface area (Å²) in [4.78, 5) is 25.0. The maximum absolute atomic E-state index is 12.6. The molecule has 3 aromatic rings. The molecular weight excluding hydrogens is 364 g/mol. The predicted molar refractivity (Wildman–Crippen MR) is 108 cm³/mol. The Labute approximate surface area is 163 Å². The van der Waals surface area contributed by atoms with Crippen LogP contribution in [-0.2, 0) is 37.5 Å². The Bertz CT molecular complexity index is 1040. The van der Waals surface area contributed by atoms with E-state index in [0.717, 1.165) is 29.7 Å². The van der Waals surface area contributed by atoms with Crippen LogP contribution in [0.2, 0.25) is 0 Å². The highest BCUT2D eigenvalue weighted by Gasteiger charge is 2.15. The topological polar surface area (TPSA) is 68.1 Å². The fourth-order valence-electron chi connectivity index (χ4n) is 3.59. The van der Waals surface area contributed by atoms with Crippen molar-refractivity contribution in [3.63, 3.8) is 0 Å². The molecule has 2 heterocycles. The van der Waals surface area contributed by atoms with Crippen LogP contribution in [0.1, 0.15) is 23.6 Å². The first-order valence-electron chi connectivity index (χ1n) is 8.93. The lowest BCUT2D eigenvalue weighted by molar-refractivity contribution is -0.121. The number of nitrogens with zero attached hydrogens (tertiary/aromatic N) is 2. The molecule has 0 spiro atoms. The highest BCUT2D eigenvalue weighted by molar-refractivity contribution is 5.85. The Morgan fingerprint density at radius 3 is 2.52 bits per heavy atom. The molecule has 0 aliphatic carbocycles. The van der Waals surface area contributed by atoms with Crippen LogP contribution in [0.4, 0.5) is 0 Å². The van der Waals surface area contributed by atoms with Crippen LogP contribution < -0.4 is 16.3 Å². The number of carbonyl (C=O) groups is 1. The zero-order valence-electron chi connectivity index (χ0n) is 15.2. The second-order valence-electron chi connectivity index (χ2n) is 6.59. The average molecular weight is 387 g/mol. The molecule has 0 unspecified atom stereocenters. The molecular formula is C20H23ClN4O2. The largest absolute Gasteiger partial charge is 0.350 e. The number of hydrogen-bond acceptors (Lipinski definition) is 3. The van der Waals surface area contributed by atoms with Gasteiger partial charge in [-0.2, -0.15) is 0 Å². The number of aromatic nitrogens is 2. The van der Waals surface area contributed by atoms with Crippen molar-refractivity contribution >= 4 is 29.3 Å². The minimum atomic E-state index is -0.162. The molecule has 0 atom stereocenters. The van der Waals surface area contributed by atoms with Gasteiger partial charge in [-0.1, -0.05) is 30.3 Å². The van der Waals surface area contributed by atoms with E-state index in [1.807, 2.05) is 37.3 Å². The third-order valence-corrected chi connectivity index (χ3v) is 4.93. The van der Waals surface area contributed by atoms with Gasteiger partial charge in [-0.3, -0.25) is 13.9 Å². The number of nitrogens with one attached hydrogen (secondary N) is 2. The van der Waals surface area contributed by atoms with Crippen molar-refractivity contribution in [1.82, 2.24) is 19.8 Å². The second kappa shape index (κ2) is 7.98. The summed E-state index contributed by atoms with van der Waals surface area (Å²) < 4.78 is 3.23. The van der Waals surface area contributed by atoms with Crippen molar-refractivity contribution in [3.05, 3.63) is 69.6 Å². The molecule has 0 saturated carbocycles. The van der Waals surface area contributed by atoms with Gasteiger partial charge in [-0.25, -0.2) is 4.79 Å². The molecule has 6 nitrogen and oxygen atoms in total. The van der Waals surface area contributed by atoms with E-state index >= 15 is 0 Å². The van der Waals surface area contributed by atoms with Gasteiger partial charge >= 0.3 is 5.69 Å². The van der Waals surface area contributed by atoms with E-state index in [2.05, 4.69) is 22.8 Å². The fraction of sp³-hybridized carbons (Fsp3) is 0.300. The number of para-hydroxylation sites is 2. The smallest absolute Gasteiger partial charge is 0.329 e. The monoisotopic (exact) mass is 386 g/mol. The molecule has 2 aromatic carbocycles. The van der Waals surface area contributed by atoms with Crippen LogP contribution in [0.3, 0.4) is 0 Å². The molecule has 1 aliphatic heterocycles. The van der Waals surface area contributed by atoms with E-state index < -0.39 is 0 Å². The van der Waals surface area contributed by atoms with Crippen molar-refractivity contribution in [2.24, 2.45) is 0 Å². The Balaban J connectivity index is 0.00000210. The lowest BCUT2D eigenvalue weighted by atomic mass is 10.1. The van der Waals surface area contributed by atoms with Crippen LogP contribution in [0.15, 0.2) is 47.3 Å². The minimum absolute atomic E-state index is 0. The number of carbonyl (C=O) groups excluding carboxylic acids is 1. The van der Waals surface area contributed by atoms with Gasteiger partial charge in [-0.15, -0.1) is 12.4 Å². The van der Waals surface area contributed by atoms with Gasteiger partial charge in [0, 0.05) is 26.2 Å². The van der Waals surface area contributed by atoms with E-state index in [0.29, 0.717) is 13.1 Å². The summed E-state index contributed by atoms with van der Waals surface area (Å²) in [6, 6.07) is 13.9. The van der Waals surface area contributed by atoms with Gasteiger partial charge in [-0.05, 0) is 35.7 Å². The number of amides is 1. The van der Waals surface area contributed by atoms with Gasteiger partial charge in [0.1, 0.15) is 6.54 Å². The maximum Gasteiger partial charge on any atom is 0.329 e. The summed E-state index contributed by atoms with van der Waals surface area (Å²) in [5, 5.41) is 6.25. The highest BCUT2D eigenvalue weighted by Crippen LogP contribution is 2.17. The maximum atomic E-state index is 12.6. The van der Waals surface area contributed by atoms with E-state index in [9.17, 15) is 9.59 Å². The Hall–Kier alpha value is -2.57. The van der Waals surface area contributed by atoms with E-state index in [1.165, 1.54) is 11.1 Å². The second-order valence-corrected chi connectivity index (χ2v) is 6.59. The van der Waals surface area contributed by atoms with Crippen LogP contribution in [0.5, 0.6) is 0 Å². The first-order valence-corrected chi connectivity index (χ1v) is 8.93. The van der Waals surface area contributed by atoms with Gasteiger partial charge in [0.25, 0.3) is 0 Å². The van der Waals surface area contributed by atoms with Crippen molar-refractivity contribution in [3.8, 4) is 0 Å². The van der Waals surface area contributed by atoms with Crippen molar-refractivity contribution in [1.29, 1.82) is 0 Å². The molecule has 0 saturated heterocycles. The van der Waals surface area contributed by atoms with Gasteiger partial charge < -0.3 is 10.6 Å². The molecule has 7 heteroatoms. The number of rotatable bonds is 5. The van der Waals surface area contributed by atoms with E-state index in [1.54, 1.807) is 9.13 Å². The zero-order valence-corrected chi connectivity index (χ0v) is 16.0. The Kier molecular flexibility index (Phi) is 5.68. The number of fused-ring (bicyclic) bond motifs is 2. The Morgan fingerprint density at radius 1 is 1.07 bits per heavy atom. The third kappa shape index (κ3) is 3.63. The number of hydrogen-bond donors (Lipinski definition) is 2. The lowest BCUT2D eigenvalue weighted by Gasteiger charge is -2.08. The summed E-state index contributed by atoms with van der Waals surface area (Å²) in [7, 11) is 0. The van der Waals surface area contributed by atoms with Gasteiger partial charge in [0.2, 0.25) is 5.91 Å². The standard InChI is InChI=1S/C20H22N4O2.ClH/c1-2-23-17-5-3-4-6-18(17)24(20(23)26)13-19(25)22-10-14-7-8-15-11-21-12-16(15)9-14;/h3-9,21H,2,10-13H2,1H3,(H,22,25);1H. The Morgan fingerprint density at radius 2 is 1.78 bits per heavy atom. The summed E-state index contributed by atoms with van der Waals surface area (Å²) >= 11 is 0. The van der Waals surface area contributed by atoms with Crippen LogP contribution in [-0.4, -0.2) is 15.0 Å². The van der Waals surface area contributed by atoms with Crippen molar-refractivity contribution < 1.29 is 4.79 Å². The van der Waals surface area contributed by atoms with Crippen LogP contribution in [0, 0.1) is 0 Å². The number of halogens is 1. The summed E-state index contributed by atoms with van der Waals surface area (Å²) in [6.07, 6.45) is 0. The van der Waals surface area contributed by atoms with E-state index in [-0.39, 0.29) is 30.5 Å². The quantitative estimate of drug-likeness (QED) is 0.706. The molecule has 1 aromatic heterocycles. The molecule has 1 aliphatic rings. The number of imidazole rings is 1. The van der Waals surface area contributed by atoms with Gasteiger partial charge in [0.05, 0.1) is 11.0 Å². The molecule has 1 amide bonds. The van der Waals surface area contributed by atoms with Crippen LogP contribution in [0.25, 0.3) is 11.0 Å². The molecule has 2 N–H and O–H groups in total. The van der Waals surface area contributed by atoms with Crippen molar-refractivity contribution in [2.45, 2.75) is 39.6 Å². The molecule has 27 heavy (non-hydrogen) atoms. The molecule has 4 rings (SSSR count). The molecule has 0 bridgehead atoms. The first kappa shape index (κ1) is 19.2. The fourth-order valence-corrected chi connectivity index (χ4v) is 3.59. The number of benzene rings is 2. The van der Waals surface area contributed by atoms with Crippen molar-refractivity contribution in [2.75, 3.05) is 0 Å². The lowest BCUT2D eigenvalue weighted by Crippen LogP contribution is -2.32. The first-order chi connectivity index (χ1) is 12.7. The summed E-state index contributed by atoms with van der Waals surface area (Å²) in [5.41, 5.74) is 5.19. The van der Waals surface area contributed by atoms with Gasteiger partial charge in [0.15, 0.2) is 0 Å². The van der Waals surface area contributed by atoms with E-state index in [4.69, 9.17) is 0 Å². The number of aryl methyl sites for hydroxylation is 1. The predicted octanol–water partition coefficient (Wildman–Crippen LogP) is 2.16. The third-order valence-electron chi connectivity index (χ3n) is 4.93. The molecule has 142 valence electrons. The average Bonchev–Trinajstić information content (AvgIpc) is 3.22. The zero-order chi connectivity index (χ0) is 18.1. The normalized spacial score (nSPS) is 12.6. The highest BCUT2D eigenvalue weighted by atomic mass is 35.5. The molecule has 0 radical (unpaired) electrons. The van der Waals surface area contributed by atoms with Crippen LogP contribution >= 0.6 is 12.4 Å². The SMILES string of the molecule is CCn1c(=O)n(CC(=O)NCc2ccc3c(c2)CNC3)c2ccccc21.Cl. The summed E-state index contributed by atoms with van der Waals surface area (Å²) in [6.45, 7) is 4.79. The molecule has 0 fully saturated rings.